The minimum absolute atomic E-state index is 0.168. The van der Waals surface area contributed by atoms with Gasteiger partial charge < -0.3 is 4.74 Å². The maximum Gasteiger partial charge on any atom is 0.417 e. The van der Waals surface area contributed by atoms with Crippen LogP contribution >= 0.6 is 0 Å². The molecule has 4 unspecified atom stereocenters. The Balaban J connectivity index is 1.29. The third-order valence-electron chi connectivity index (χ3n) is 7.29. The van der Waals surface area contributed by atoms with Gasteiger partial charge in [0, 0.05) is 18.0 Å². The lowest BCUT2D eigenvalue weighted by molar-refractivity contribution is -0.131. The summed E-state index contributed by atoms with van der Waals surface area (Å²) in [6.45, 7) is 2.37. The van der Waals surface area contributed by atoms with Crippen molar-refractivity contribution in [3.63, 3.8) is 0 Å². The highest BCUT2D eigenvalue weighted by atomic mass is 19.1. The van der Waals surface area contributed by atoms with Crippen molar-refractivity contribution >= 4 is 22.9 Å². The fraction of sp³-hybridized carbons (Fsp3) is 0.370. The maximum atomic E-state index is 13.9. The Morgan fingerprint density at radius 1 is 1.15 bits per heavy atom. The van der Waals surface area contributed by atoms with E-state index in [0.29, 0.717) is 18.3 Å². The maximum absolute atomic E-state index is 13.9. The number of carbonyl (C=O) groups excluding carboxylic acids is 2. The van der Waals surface area contributed by atoms with Crippen molar-refractivity contribution in [2.24, 2.45) is 11.8 Å². The van der Waals surface area contributed by atoms with Crippen molar-refractivity contribution in [1.82, 2.24) is 9.88 Å². The number of aromatic nitrogens is 1. The molecular weight excluding hydrogens is 419 g/mol. The van der Waals surface area contributed by atoms with Crippen molar-refractivity contribution in [3.05, 3.63) is 77.7 Å². The molecule has 2 aromatic carbocycles. The highest BCUT2D eigenvalue weighted by Crippen LogP contribution is 2.43. The van der Waals surface area contributed by atoms with Gasteiger partial charge >= 0.3 is 6.09 Å². The van der Waals surface area contributed by atoms with E-state index >= 15 is 0 Å². The predicted molar refractivity (Wildman–Crippen MR) is 123 cm³/mol. The molecule has 2 amide bonds. The van der Waals surface area contributed by atoms with E-state index < -0.39 is 6.09 Å². The Morgan fingerprint density at radius 2 is 1.97 bits per heavy atom. The second kappa shape index (κ2) is 8.93. The van der Waals surface area contributed by atoms with Gasteiger partial charge in [-0.05, 0) is 72.4 Å². The van der Waals surface area contributed by atoms with E-state index in [1.807, 2.05) is 36.4 Å². The molecule has 2 fully saturated rings. The number of nitrogens with zero attached hydrogens (tertiary/aromatic N) is 2. The van der Waals surface area contributed by atoms with Crippen molar-refractivity contribution in [1.29, 1.82) is 0 Å². The molecular formula is C27H27FN2O3. The molecule has 1 aromatic heterocycles. The Hall–Kier alpha value is -3.28. The molecule has 1 saturated carbocycles. The van der Waals surface area contributed by atoms with Crippen LogP contribution in [0.25, 0.3) is 10.9 Å². The van der Waals surface area contributed by atoms with E-state index in [0.717, 1.165) is 41.3 Å². The molecule has 2 aliphatic rings. The normalized spacial score (nSPS) is 25.3. The van der Waals surface area contributed by atoms with E-state index in [9.17, 15) is 14.0 Å². The van der Waals surface area contributed by atoms with Gasteiger partial charge in [-0.1, -0.05) is 37.3 Å². The summed E-state index contributed by atoms with van der Waals surface area (Å²) in [6.07, 6.45) is 4.29. The zero-order valence-electron chi connectivity index (χ0n) is 18.6. The lowest BCUT2D eigenvalue weighted by Gasteiger charge is -2.35. The Morgan fingerprint density at radius 3 is 2.76 bits per heavy atom. The number of pyridine rings is 1. The number of hydrogen-bond acceptors (Lipinski definition) is 4. The second-order valence-corrected chi connectivity index (χ2v) is 9.28. The molecule has 5 rings (SSSR count). The molecule has 0 bridgehead atoms. The first-order valence-electron chi connectivity index (χ1n) is 11.6. The summed E-state index contributed by atoms with van der Waals surface area (Å²) in [4.78, 5) is 31.2. The monoisotopic (exact) mass is 446 g/mol. The molecule has 170 valence electrons. The van der Waals surface area contributed by atoms with E-state index in [-0.39, 0.29) is 30.3 Å². The Kier molecular flexibility index (Phi) is 5.83. The van der Waals surface area contributed by atoms with E-state index in [1.165, 1.54) is 11.0 Å². The topological polar surface area (TPSA) is 59.5 Å². The van der Waals surface area contributed by atoms with Gasteiger partial charge in [-0.25, -0.2) is 14.1 Å². The number of fused-ring (bicyclic) bond motifs is 1. The van der Waals surface area contributed by atoms with Crippen molar-refractivity contribution in [3.8, 4) is 0 Å². The van der Waals surface area contributed by atoms with E-state index in [4.69, 9.17) is 4.74 Å². The summed E-state index contributed by atoms with van der Waals surface area (Å²) in [5.74, 6) is 0.377. The van der Waals surface area contributed by atoms with E-state index in [2.05, 4.69) is 11.9 Å². The van der Waals surface area contributed by atoms with Crippen molar-refractivity contribution < 1.29 is 18.7 Å². The number of hydrogen-bond donors (Lipinski definition) is 0. The zero-order valence-corrected chi connectivity index (χ0v) is 18.6. The summed E-state index contributed by atoms with van der Waals surface area (Å²) in [7, 11) is 0. The molecule has 0 radical (unpaired) electrons. The number of imide groups is 1. The van der Waals surface area contributed by atoms with Gasteiger partial charge in [0.15, 0.2) is 0 Å². The third kappa shape index (κ3) is 4.22. The van der Waals surface area contributed by atoms with Crippen molar-refractivity contribution in [2.75, 3.05) is 6.61 Å². The fourth-order valence-corrected chi connectivity index (χ4v) is 5.48. The predicted octanol–water partition coefficient (Wildman–Crippen LogP) is 6.00. The first kappa shape index (κ1) is 21.6. The minimum atomic E-state index is -0.555. The molecule has 6 heteroatoms. The summed E-state index contributed by atoms with van der Waals surface area (Å²) >= 11 is 0. The Labute approximate surface area is 192 Å². The molecule has 1 saturated heterocycles. The number of rotatable bonds is 4. The fourth-order valence-electron chi connectivity index (χ4n) is 5.48. The quantitative estimate of drug-likeness (QED) is 0.493. The summed E-state index contributed by atoms with van der Waals surface area (Å²) in [6, 6.07) is 15.9. The highest BCUT2D eigenvalue weighted by molar-refractivity contribution is 5.93. The smallest absolute Gasteiger partial charge is 0.417 e. The van der Waals surface area contributed by atoms with Crippen LogP contribution in [0.15, 0.2) is 60.8 Å². The molecule has 5 nitrogen and oxygen atoms in total. The summed E-state index contributed by atoms with van der Waals surface area (Å²) < 4.78 is 19.1. The second-order valence-electron chi connectivity index (χ2n) is 9.28. The minimum Gasteiger partial charge on any atom is -0.446 e. The van der Waals surface area contributed by atoms with Gasteiger partial charge in [-0.3, -0.25) is 9.78 Å². The number of ether oxygens (including phenoxy) is 1. The standard InChI is InChI=1S/C27H27FN2O3/c1-17-13-20(22-11-12-29-24-10-9-21(28)15-23(22)24)8-7-19(17)14-26(31)30-25(16-33-27(30)32)18-5-3-2-4-6-18/h2-6,9-12,15,17,19-20,25H,7-8,13-14,16H2,1H3. The zero-order chi connectivity index (χ0) is 22.9. The lowest BCUT2D eigenvalue weighted by atomic mass is 9.71. The lowest BCUT2D eigenvalue weighted by Crippen LogP contribution is -2.37. The van der Waals surface area contributed by atoms with Gasteiger partial charge in [0.1, 0.15) is 18.5 Å². The van der Waals surface area contributed by atoms with Crippen LogP contribution in [0, 0.1) is 17.7 Å². The number of cyclic esters (lactones) is 1. The van der Waals surface area contributed by atoms with Crippen LogP contribution in [-0.2, 0) is 9.53 Å². The van der Waals surface area contributed by atoms with Gasteiger partial charge in [0.25, 0.3) is 0 Å². The highest BCUT2D eigenvalue weighted by Gasteiger charge is 2.40. The molecule has 33 heavy (non-hydrogen) atoms. The SMILES string of the molecule is CC1CC(c2ccnc3ccc(F)cc23)CCC1CC(=O)N1C(=O)OCC1c1ccccc1. The van der Waals surface area contributed by atoms with Crippen LogP contribution in [0.2, 0.25) is 0 Å². The molecule has 0 spiro atoms. The molecule has 0 N–H and O–H groups in total. The average molecular weight is 447 g/mol. The number of benzene rings is 2. The average Bonchev–Trinajstić information content (AvgIpc) is 3.22. The van der Waals surface area contributed by atoms with Crippen LogP contribution < -0.4 is 0 Å². The van der Waals surface area contributed by atoms with Crippen LogP contribution in [0.4, 0.5) is 9.18 Å². The molecule has 3 aromatic rings. The molecule has 4 atom stereocenters. The number of carbonyl (C=O) groups is 2. The largest absolute Gasteiger partial charge is 0.446 e. The van der Waals surface area contributed by atoms with Gasteiger partial charge in [0.05, 0.1) is 5.52 Å². The van der Waals surface area contributed by atoms with Crippen molar-refractivity contribution in [2.45, 2.75) is 44.6 Å². The number of halogens is 1. The van der Waals surface area contributed by atoms with Crippen LogP contribution in [0.5, 0.6) is 0 Å². The Bertz CT molecular complexity index is 1180. The third-order valence-corrected chi connectivity index (χ3v) is 7.29. The number of amides is 2. The first-order chi connectivity index (χ1) is 16.0. The molecule has 1 aliphatic heterocycles. The van der Waals surface area contributed by atoms with Crippen LogP contribution in [0.3, 0.4) is 0 Å². The van der Waals surface area contributed by atoms with E-state index in [1.54, 1.807) is 18.3 Å². The van der Waals surface area contributed by atoms with Crippen LogP contribution in [-0.4, -0.2) is 28.5 Å². The summed E-state index contributed by atoms with van der Waals surface area (Å²) in [5.41, 5.74) is 2.84. The van der Waals surface area contributed by atoms with Gasteiger partial charge in [-0.15, -0.1) is 0 Å². The van der Waals surface area contributed by atoms with Gasteiger partial charge in [-0.2, -0.15) is 0 Å². The van der Waals surface area contributed by atoms with Crippen LogP contribution in [0.1, 0.15) is 55.7 Å². The summed E-state index contributed by atoms with van der Waals surface area (Å²) in [5, 5.41) is 0.870. The van der Waals surface area contributed by atoms with Gasteiger partial charge in [0.2, 0.25) is 5.91 Å². The molecule has 1 aliphatic carbocycles. The first-order valence-corrected chi connectivity index (χ1v) is 11.6. The molecule has 2 heterocycles.